The summed E-state index contributed by atoms with van der Waals surface area (Å²) in [4.78, 5) is 24.4. The van der Waals surface area contributed by atoms with Crippen molar-refractivity contribution in [3.8, 4) is 5.75 Å². The number of nitrogens with zero attached hydrogens (tertiary/aromatic N) is 3. The molecule has 0 aliphatic carbocycles. The number of nitrogens with one attached hydrogen (secondary N) is 1. The molecule has 1 aromatic carbocycles. The van der Waals surface area contributed by atoms with Gasteiger partial charge < -0.3 is 14.8 Å². The van der Waals surface area contributed by atoms with Gasteiger partial charge in [-0.25, -0.2) is 4.68 Å². The molecule has 1 aromatic heterocycles. The van der Waals surface area contributed by atoms with Gasteiger partial charge in [-0.2, -0.15) is 0 Å². The lowest BCUT2D eigenvalue weighted by atomic mass is 9.85. The Balaban J connectivity index is 2.31. The number of methoxy groups -OCH3 is 1. The fraction of sp³-hybridized carbons (Fsp3) is 0.524. The highest BCUT2D eigenvalue weighted by Crippen LogP contribution is 2.29. The molecule has 0 bridgehead atoms. The Morgan fingerprint density at radius 1 is 1.36 bits per heavy atom. The fourth-order valence-electron chi connectivity index (χ4n) is 2.99. The van der Waals surface area contributed by atoms with Crippen LogP contribution in [0.1, 0.15) is 69.1 Å². The van der Waals surface area contributed by atoms with Gasteiger partial charge >= 0.3 is 0 Å². The van der Waals surface area contributed by atoms with Crippen molar-refractivity contribution in [1.82, 2.24) is 20.3 Å². The van der Waals surface area contributed by atoms with Crippen LogP contribution in [0.3, 0.4) is 0 Å². The summed E-state index contributed by atoms with van der Waals surface area (Å²) in [6, 6.07) is 6.74. The normalized spacial score (nSPS) is 14.4. The summed E-state index contributed by atoms with van der Waals surface area (Å²) in [5, 5.41) is 11.5. The van der Waals surface area contributed by atoms with Crippen LogP contribution >= 0.6 is 0 Å². The highest BCUT2D eigenvalue weighted by molar-refractivity contribution is 5.97. The Morgan fingerprint density at radius 3 is 2.68 bits per heavy atom. The van der Waals surface area contributed by atoms with Crippen LogP contribution in [0.5, 0.6) is 5.75 Å². The first-order valence-electron chi connectivity index (χ1n) is 9.70. The number of hydrogen-bond donors (Lipinski definition) is 1. The number of carbonyl (C=O) groups is 2. The Labute approximate surface area is 166 Å². The van der Waals surface area contributed by atoms with Gasteiger partial charge in [0.1, 0.15) is 23.8 Å². The van der Waals surface area contributed by atoms with Crippen molar-refractivity contribution >= 4 is 12.2 Å². The van der Waals surface area contributed by atoms with E-state index in [1.807, 2.05) is 26.8 Å². The maximum Gasteiger partial charge on any atom is 0.255 e. The largest absolute Gasteiger partial charge is 0.496 e. The van der Waals surface area contributed by atoms with Crippen molar-refractivity contribution in [2.75, 3.05) is 7.11 Å². The zero-order chi connectivity index (χ0) is 20.7. The molecule has 7 heteroatoms. The highest BCUT2D eigenvalue weighted by Gasteiger charge is 2.36. The van der Waals surface area contributed by atoms with E-state index in [2.05, 4.69) is 22.6 Å². The first-order valence-corrected chi connectivity index (χ1v) is 9.70. The number of aromatic nitrogens is 3. The molecule has 0 radical (unpaired) electrons. The summed E-state index contributed by atoms with van der Waals surface area (Å²) in [7, 11) is 1.54. The molecule has 1 amide bonds. The van der Waals surface area contributed by atoms with Crippen molar-refractivity contribution in [3.63, 3.8) is 0 Å². The predicted molar refractivity (Wildman–Crippen MR) is 107 cm³/mol. The van der Waals surface area contributed by atoms with Gasteiger partial charge in [0.2, 0.25) is 0 Å². The lowest BCUT2D eigenvalue weighted by molar-refractivity contribution is -0.111. The Bertz CT molecular complexity index is 802. The molecule has 2 aromatic rings. The molecule has 0 fully saturated rings. The summed E-state index contributed by atoms with van der Waals surface area (Å²) in [6.45, 7) is 8.02. The summed E-state index contributed by atoms with van der Waals surface area (Å²) in [5.74, 6) is 0.304. The van der Waals surface area contributed by atoms with Gasteiger partial charge in [0.25, 0.3) is 5.91 Å². The number of amides is 1. The quantitative estimate of drug-likeness (QED) is 0.632. The number of para-hydroxylation sites is 1. The van der Waals surface area contributed by atoms with Gasteiger partial charge in [-0.3, -0.25) is 4.79 Å². The van der Waals surface area contributed by atoms with E-state index in [1.54, 1.807) is 29.1 Å². The molecule has 0 aliphatic heterocycles. The molecule has 0 saturated heterocycles. The molecule has 2 atom stereocenters. The number of benzene rings is 1. The van der Waals surface area contributed by atoms with E-state index in [4.69, 9.17) is 4.74 Å². The first-order chi connectivity index (χ1) is 13.4. The van der Waals surface area contributed by atoms with Crippen molar-refractivity contribution in [3.05, 3.63) is 41.7 Å². The third-order valence-electron chi connectivity index (χ3n) is 5.27. The number of unbranched alkanes of at least 4 members (excludes halogenated alkanes) is 1. The third kappa shape index (κ3) is 4.58. The summed E-state index contributed by atoms with van der Waals surface area (Å²) >= 11 is 0. The van der Waals surface area contributed by atoms with Crippen molar-refractivity contribution in [2.45, 2.75) is 58.5 Å². The molecule has 7 nitrogen and oxygen atoms in total. The second-order valence-corrected chi connectivity index (χ2v) is 7.44. The highest BCUT2D eigenvalue weighted by atomic mass is 16.5. The molecule has 2 rings (SSSR count). The van der Waals surface area contributed by atoms with Gasteiger partial charge in [0.05, 0.1) is 24.4 Å². The third-order valence-corrected chi connectivity index (χ3v) is 5.27. The predicted octanol–water partition coefficient (Wildman–Crippen LogP) is 3.52. The number of carbonyl (C=O) groups excluding carboxylic acids is 2. The van der Waals surface area contributed by atoms with Gasteiger partial charge in [-0.05, 0) is 31.4 Å². The van der Waals surface area contributed by atoms with Gasteiger partial charge in [0, 0.05) is 0 Å². The second-order valence-electron chi connectivity index (χ2n) is 7.44. The van der Waals surface area contributed by atoms with Gasteiger partial charge in [-0.15, -0.1) is 5.10 Å². The monoisotopic (exact) mass is 386 g/mol. The topological polar surface area (TPSA) is 86.1 Å². The minimum absolute atomic E-state index is 0.0432. The van der Waals surface area contributed by atoms with Gasteiger partial charge in [-0.1, -0.05) is 51.0 Å². The van der Waals surface area contributed by atoms with Crippen LogP contribution in [0, 0.1) is 5.92 Å². The van der Waals surface area contributed by atoms with Crippen LogP contribution in [0.15, 0.2) is 30.5 Å². The SMILES string of the molecule is CCCC[C@@H](C=O)n1cc([C@@](C)(NC(=O)c2ccccc2OC)C(C)C)nn1. The molecular weight excluding hydrogens is 356 g/mol. The molecule has 0 saturated carbocycles. The van der Waals surface area contributed by atoms with E-state index >= 15 is 0 Å². The zero-order valence-corrected chi connectivity index (χ0v) is 17.3. The van der Waals surface area contributed by atoms with Crippen LogP contribution in [-0.2, 0) is 10.3 Å². The smallest absolute Gasteiger partial charge is 0.255 e. The van der Waals surface area contributed by atoms with Crippen molar-refractivity contribution in [2.24, 2.45) is 5.92 Å². The standard InChI is InChI=1S/C21H30N4O3/c1-6-7-10-16(14-26)25-13-19(23-24-25)21(4,15(2)3)22-20(27)17-11-8-9-12-18(17)28-5/h8-9,11-16H,6-7,10H2,1-5H3,(H,22,27)/t16-,21-/m0/s1. The first kappa shape index (κ1) is 21.6. The van der Waals surface area contributed by atoms with E-state index < -0.39 is 5.54 Å². The molecular formula is C21H30N4O3. The van der Waals surface area contributed by atoms with E-state index in [-0.39, 0.29) is 17.9 Å². The lowest BCUT2D eigenvalue weighted by Crippen LogP contribution is -2.47. The maximum absolute atomic E-state index is 13.0. The minimum atomic E-state index is -0.756. The molecule has 0 unspecified atom stereocenters. The average molecular weight is 386 g/mol. The Kier molecular flexibility index (Phi) is 7.31. The molecule has 152 valence electrons. The van der Waals surface area contributed by atoms with E-state index in [0.29, 0.717) is 17.0 Å². The average Bonchev–Trinajstić information content (AvgIpc) is 3.19. The molecule has 0 spiro atoms. The number of ether oxygens (including phenoxy) is 1. The molecule has 1 N–H and O–H groups in total. The fourth-order valence-corrected chi connectivity index (χ4v) is 2.99. The van der Waals surface area contributed by atoms with Crippen LogP contribution in [0.4, 0.5) is 0 Å². The van der Waals surface area contributed by atoms with Crippen LogP contribution in [-0.4, -0.2) is 34.3 Å². The summed E-state index contributed by atoms with van der Waals surface area (Å²) in [6.07, 6.45) is 5.31. The number of rotatable bonds is 10. The van der Waals surface area contributed by atoms with Crippen LogP contribution in [0.2, 0.25) is 0 Å². The van der Waals surface area contributed by atoms with Crippen molar-refractivity contribution in [1.29, 1.82) is 0 Å². The second kappa shape index (κ2) is 9.48. The number of hydrogen-bond acceptors (Lipinski definition) is 5. The van der Waals surface area contributed by atoms with Crippen LogP contribution in [0.25, 0.3) is 0 Å². The van der Waals surface area contributed by atoms with Crippen molar-refractivity contribution < 1.29 is 14.3 Å². The molecule has 1 heterocycles. The van der Waals surface area contributed by atoms with E-state index in [1.165, 1.54) is 7.11 Å². The van der Waals surface area contributed by atoms with Gasteiger partial charge in [0.15, 0.2) is 0 Å². The molecule has 0 aliphatic rings. The Hall–Kier alpha value is -2.70. The minimum Gasteiger partial charge on any atom is -0.496 e. The Morgan fingerprint density at radius 2 is 2.07 bits per heavy atom. The van der Waals surface area contributed by atoms with Crippen LogP contribution < -0.4 is 10.1 Å². The van der Waals surface area contributed by atoms with E-state index in [9.17, 15) is 9.59 Å². The summed E-state index contributed by atoms with van der Waals surface area (Å²) < 4.78 is 6.89. The van der Waals surface area contributed by atoms with E-state index in [0.717, 1.165) is 25.5 Å². The number of aldehydes is 1. The molecule has 28 heavy (non-hydrogen) atoms. The summed E-state index contributed by atoms with van der Waals surface area (Å²) in [5.41, 5.74) is 0.320. The maximum atomic E-state index is 13.0. The lowest BCUT2D eigenvalue weighted by Gasteiger charge is -2.33. The zero-order valence-electron chi connectivity index (χ0n) is 17.3.